The second kappa shape index (κ2) is 8.50. The van der Waals surface area contributed by atoms with Crippen LogP contribution in [0.15, 0.2) is 66.9 Å². The number of hydrogen-bond donors (Lipinski definition) is 0. The van der Waals surface area contributed by atoms with E-state index in [2.05, 4.69) is 90.8 Å². The maximum absolute atomic E-state index is 11.0. The van der Waals surface area contributed by atoms with Crippen molar-refractivity contribution in [3.05, 3.63) is 95.1 Å². The van der Waals surface area contributed by atoms with E-state index in [1.54, 1.807) is 6.20 Å². The Labute approximate surface area is 189 Å². The van der Waals surface area contributed by atoms with Gasteiger partial charge < -0.3 is 4.57 Å². The van der Waals surface area contributed by atoms with Crippen molar-refractivity contribution >= 4 is 6.29 Å². The molecule has 5 nitrogen and oxygen atoms in total. The van der Waals surface area contributed by atoms with Crippen molar-refractivity contribution in [1.29, 1.82) is 0 Å². The quantitative estimate of drug-likeness (QED) is 0.372. The standard InChI is InChI=1S/C27H28N4O/c1-18-6-7-19(2)31(18)25-15-14-23(29-30-25)21-9-11-22(12-10-21)26(27(3,4)5)24-13-8-20(17-32)16-28-24/h6-17,26H,1-5H3. The summed E-state index contributed by atoms with van der Waals surface area (Å²) in [7, 11) is 0. The van der Waals surface area contributed by atoms with Crippen molar-refractivity contribution in [1.82, 2.24) is 19.7 Å². The summed E-state index contributed by atoms with van der Waals surface area (Å²) >= 11 is 0. The number of rotatable bonds is 5. The summed E-state index contributed by atoms with van der Waals surface area (Å²) in [5, 5.41) is 8.93. The lowest BCUT2D eigenvalue weighted by Crippen LogP contribution is -2.20. The van der Waals surface area contributed by atoms with Gasteiger partial charge in [0.05, 0.1) is 5.69 Å². The first-order valence-electron chi connectivity index (χ1n) is 10.8. The Morgan fingerprint density at radius 2 is 1.53 bits per heavy atom. The van der Waals surface area contributed by atoms with E-state index in [-0.39, 0.29) is 11.3 Å². The minimum Gasteiger partial charge on any atom is -0.302 e. The van der Waals surface area contributed by atoms with Gasteiger partial charge in [-0.3, -0.25) is 9.78 Å². The molecule has 3 heterocycles. The molecule has 1 atom stereocenters. The monoisotopic (exact) mass is 424 g/mol. The summed E-state index contributed by atoms with van der Waals surface area (Å²) in [6.45, 7) is 10.7. The van der Waals surface area contributed by atoms with Gasteiger partial charge in [-0.05, 0) is 61.2 Å². The van der Waals surface area contributed by atoms with Gasteiger partial charge in [0.25, 0.3) is 0 Å². The van der Waals surface area contributed by atoms with E-state index in [1.165, 1.54) is 5.56 Å². The lowest BCUT2D eigenvalue weighted by Gasteiger charge is -2.31. The van der Waals surface area contributed by atoms with Crippen LogP contribution in [0.1, 0.15) is 59.7 Å². The molecule has 0 saturated heterocycles. The van der Waals surface area contributed by atoms with Crippen LogP contribution < -0.4 is 0 Å². The zero-order valence-electron chi connectivity index (χ0n) is 19.2. The number of aldehydes is 1. The Kier molecular flexibility index (Phi) is 5.74. The summed E-state index contributed by atoms with van der Waals surface area (Å²) < 4.78 is 2.09. The zero-order valence-corrected chi connectivity index (χ0v) is 19.2. The lowest BCUT2D eigenvalue weighted by molar-refractivity contribution is 0.112. The third-order valence-electron chi connectivity index (χ3n) is 5.80. The van der Waals surface area contributed by atoms with Crippen LogP contribution in [0.3, 0.4) is 0 Å². The van der Waals surface area contributed by atoms with Crippen LogP contribution in [0.25, 0.3) is 17.1 Å². The Morgan fingerprint density at radius 3 is 2.03 bits per heavy atom. The van der Waals surface area contributed by atoms with Crippen LogP contribution in [0.5, 0.6) is 0 Å². The zero-order chi connectivity index (χ0) is 22.9. The highest BCUT2D eigenvalue weighted by Gasteiger charge is 2.29. The van der Waals surface area contributed by atoms with Gasteiger partial charge in [0.2, 0.25) is 0 Å². The molecule has 1 aromatic carbocycles. The number of hydrogen-bond acceptors (Lipinski definition) is 4. The van der Waals surface area contributed by atoms with Gasteiger partial charge >= 0.3 is 0 Å². The van der Waals surface area contributed by atoms with Gasteiger partial charge in [0.1, 0.15) is 0 Å². The predicted molar refractivity (Wildman–Crippen MR) is 127 cm³/mol. The van der Waals surface area contributed by atoms with E-state index in [0.717, 1.165) is 40.4 Å². The molecule has 0 aliphatic heterocycles. The van der Waals surface area contributed by atoms with Gasteiger partial charge in [-0.15, -0.1) is 10.2 Å². The third-order valence-corrected chi connectivity index (χ3v) is 5.80. The molecule has 0 aliphatic carbocycles. The van der Waals surface area contributed by atoms with Gasteiger partial charge in [-0.1, -0.05) is 45.0 Å². The molecule has 0 saturated carbocycles. The maximum atomic E-state index is 11.0. The van der Waals surface area contributed by atoms with Gasteiger partial charge in [0.15, 0.2) is 12.1 Å². The number of benzene rings is 1. The molecule has 0 amide bonds. The fraction of sp³-hybridized carbons (Fsp3) is 0.259. The Balaban J connectivity index is 1.63. The highest BCUT2D eigenvalue weighted by Crippen LogP contribution is 2.40. The average molecular weight is 425 g/mol. The number of pyridine rings is 1. The van der Waals surface area contributed by atoms with E-state index in [0.29, 0.717) is 5.56 Å². The molecule has 0 spiro atoms. The first-order chi connectivity index (χ1) is 15.3. The number of nitrogens with zero attached hydrogens (tertiary/aromatic N) is 4. The molecule has 5 heteroatoms. The van der Waals surface area contributed by atoms with Crippen LogP contribution in [0.4, 0.5) is 0 Å². The van der Waals surface area contributed by atoms with E-state index < -0.39 is 0 Å². The van der Waals surface area contributed by atoms with Crippen LogP contribution in [-0.2, 0) is 0 Å². The molecule has 4 aromatic rings. The molecule has 0 N–H and O–H groups in total. The second-order valence-electron chi connectivity index (χ2n) is 9.28. The summed E-state index contributed by atoms with van der Waals surface area (Å²) in [6, 6.07) is 20.4. The van der Waals surface area contributed by atoms with E-state index in [4.69, 9.17) is 0 Å². The number of aryl methyl sites for hydroxylation is 2. The third kappa shape index (κ3) is 4.24. The molecule has 4 rings (SSSR count). The van der Waals surface area contributed by atoms with Crippen molar-refractivity contribution in [3.8, 4) is 17.1 Å². The highest BCUT2D eigenvalue weighted by molar-refractivity contribution is 5.74. The van der Waals surface area contributed by atoms with E-state index in [1.807, 2.05) is 24.3 Å². The normalized spacial score (nSPS) is 12.5. The molecule has 162 valence electrons. The molecular weight excluding hydrogens is 396 g/mol. The molecule has 0 fully saturated rings. The SMILES string of the molecule is Cc1ccc(C)n1-c1ccc(-c2ccc(C(c3ccc(C=O)cn3)C(C)(C)C)cc2)nn1. The summed E-state index contributed by atoms with van der Waals surface area (Å²) in [5.41, 5.74) is 6.81. The van der Waals surface area contributed by atoms with Gasteiger partial charge in [-0.2, -0.15) is 0 Å². The summed E-state index contributed by atoms with van der Waals surface area (Å²) in [4.78, 5) is 15.6. The van der Waals surface area contributed by atoms with Gasteiger partial charge in [0, 0.05) is 40.3 Å². The first kappa shape index (κ1) is 21.6. The number of carbonyl (C=O) groups excluding carboxylic acids is 1. The van der Waals surface area contributed by atoms with Crippen LogP contribution in [0.2, 0.25) is 0 Å². The van der Waals surface area contributed by atoms with Crippen LogP contribution in [-0.4, -0.2) is 26.0 Å². The fourth-order valence-electron chi connectivity index (χ4n) is 4.25. The minimum atomic E-state index is -0.0366. The van der Waals surface area contributed by atoms with Crippen molar-refractivity contribution in [3.63, 3.8) is 0 Å². The maximum Gasteiger partial charge on any atom is 0.159 e. The largest absolute Gasteiger partial charge is 0.302 e. The predicted octanol–water partition coefficient (Wildman–Crippen LogP) is 5.94. The Bertz CT molecular complexity index is 1200. The fourth-order valence-corrected chi connectivity index (χ4v) is 4.25. The topological polar surface area (TPSA) is 60.7 Å². The smallest absolute Gasteiger partial charge is 0.159 e. The molecular formula is C27H28N4O. The van der Waals surface area contributed by atoms with Crippen molar-refractivity contribution in [2.24, 2.45) is 5.41 Å². The Morgan fingerprint density at radius 1 is 0.844 bits per heavy atom. The summed E-state index contributed by atoms with van der Waals surface area (Å²) in [6.07, 6.45) is 2.46. The number of aromatic nitrogens is 4. The van der Waals surface area contributed by atoms with E-state index in [9.17, 15) is 4.79 Å². The lowest BCUT2D eigenvalue weighted by atomic mass is 9.74. The molecule has 32 heavy (non-hydrogen) atoms. The second-order valence-corrected chi connectivity index (χ2v) is 9.28. The molecule has 0 bridgehead atoms. The van der Waals surface area contributed by atoms with E-state index >= 15 is 0 Å². The average Bonchev–Trinajstić information content (AvgIpc) is 3.12. The van der Waals surface area contributed by atoms with Crippen molar-refractivity contribution in [2.45, 2.75) is 40.5 Å². The van der Waals surface area contributed by atoms with Crippen LogP contribution >= 0.6 is 0 Å². The summed E-state index contributed by atoms with van der Waals surface area (Å²) in [5.74, 6) is 0.924. The molecule has 0 aliphatic rings. The minimum absolute atomic E-state index is 0.0366. The first-order valence-corrected chi connectivity index (χ1v) is 10.8. The van der Waals surface area contributed by atoms with Crippen molar-refractivity contribution < 1.29 is 4.79 Å². The highest BCUT2D eigenvalue weighted by atomic mass is 16.1. The molecule has 1 unspecified atom stereocenters. The van der Waals surface area contributed by atoms with Crippen molar-refractivity contribution in [2.75, 3.05) is 0 Å². The molecule has 3 aromatic heterocycles. The molecule has 0 radical (unpaired) electrons. The Hall–Kier alpha value is -3.60. The number of carbonyl (C=O) groups is 1. The van der Waals surface area contributed by atoms with Crippen LogP contribution in [0, 0.1) is 19.3 Å². The van der Waals surface area contributed by atoms with Gasteiger partial charge in [-0.25, -0.2) is 0 Å².